The summed E-state index contributed by atoms with van der Waals surface area (Å²) in [6.07, 6.45) is -1.78. The minimum Gasteiger partial charge on any atom is -0.493 e. The lowest BCUT2D eigenvalue weighted by atomic mass is 9.84. The van der Waals surface area contributed by atoms with Gasteiger partial charge in [0.25, 0.3) is 10.0 Å². The third kappa shape index (κ3) is 5.30. The maximum Gasteiger partial charge on any atom is 0.391 e. The first kappa shape index (κ1) is 26.3. The van der Waals surface area contributed by atoms with Crippen molar-refractivity contribution in [2.24, 2.45) is 5.92 Å². The summed E-state index contributed by atoms with van der Waals surface area (Å²) >= 11 is 0. The molecule has 2 aromatic carbocycles. The van der Waals surface area contributed by atoms with E-state index < -0.39 is 50.7 Å². The topological polar surface area (TPSA) is 84.4 Å². The van der Waals surface area contributed by atoms with Gasteiger partial charge in [-0.05, 0) is 49.2 Å². The number of nitrogens with zero attached hydrogens (tertiary/aromatic N) is 3. The molecular weight excluding hydrogens is 531 g/mol. The van der Waals surface area contributed by atoms with Gasteiger partial charge >= 0.3 is 6.18 Å². The first-order chi connectivity index (χ1) is 18.0. The van der Waals surface area contributed by atoms with Crippen molar-refractivity contribution in [3.63, 3.8) is 0 Å². The van der Waals surface area contributed by atoms with Crippen molar-refractivity contribution in [2.45, 2.75) is 42.4 Å². The molecule has 13 heteroatoms. The van der Waals surface area contributed by atoms with Gasteiger partial charge in [0.2, 0.25) is 5.95 Å². The molecule has 3 heterocycles. The smallest absolute Gasteiger partial charge is 0.391 e. The predicted molar refractivity (Wildman–Crippen MR) is 127 cm³/mol. The molecular formula is C25H23F5N4O3S. The van der Waals surface area contributed by atoms with Crippen molar-refractivity contribution in [2.75, 3.05) is 17.9 Å². The molecule has 0 unspecified atom stereocenters. The average Bonchev–Trinajstić information content (AvgIpc) is 2.88. The standard InChI is InChI=1S/C25H23F5N4O3S/c26-17-4-2-15(3-5-17)21-12-16(25(28,29)30)6-10-34(21)20-7-11-37-22-14-23(19(27)13-18(20)22)38(35,36)33-24-31-8-1-9-32-24/h1-5,8-9,13-14,16,20-21H,6-7,10-12H2,(H,31,32,33)/t16-,20+,21+/m1/s1. The zero-order chi connectivity index (χ0) is 27.1. The quantitative estimate of drug-likeness (QED) is 0.426. The Bertz CT molecular complexity index is 1400. The van der Waals surface area contributed by atoms with Gasteiger partial charge in [0, 0.05) is 42.5 Å². The molecule has 0 spiro atoms. The van der Waals surface area contributed by atoms with Gasteiger partial charge in [-0.25, -0.2) is 31.9 Å². The van der Waals surface area contributed by atoms with Crippen LogP contribution in [0.2, 0.25) is 0 Å². The van der Waals surface area contributed by atoms with E-state index in [1.54, 1.807) is 0 Å². The van der Waals surface area contributed by atoms with E-state index in [0.717, 1.165) is 12.1 Å². The molecule has 2 aliphatic rings. The van der Waals surface area contributed by atoms with E-state index in [-0.39, 0.29) is 37.7 Å². The van der Waals surface area contributed by atoms with E-state index >= 15 is 4.39 Å². The Morgan fingerprint density at radius 1 is 1.00 bits per heavy atom. The van der Waals surface area contributed by atoms with Crippen molar-refractivity contribution in [1.29, 1.82) is 0 Å². The lowest BCUT2D eigenvalue weighted by Gasteiger charge is -2.46. The maximum atomic E-state index is 15.3. The maximum absolute atomic E-state index is 15.3. The fourth-order valence-electron chi connectivity index (χ4n) is 5.12. The molecule has 0 saturated carbocycles. The van der Waals surface area contributed by atoms with Crippen LogP contribution in [0.25, 0.3) is 0 Å². The molecule has 1 aromatic heterocycles. The monoisotopic (exact) mass is 554 g/mol. The first-order valence-corrected chi connectivity index (χ1v) is 13.4. The Kier molecular flexibility index (Phi) is 6.99. The van der Waals surface area contributed by atoms with Gasteiger partial charge in [-0.2, -0.15) is 13.2 Å². The summed E-state index contributed by atoms with van der Waals surface area (Å²) in [6.45, 7) is 0.207. The molecule has 0 amide bonds. The molecule has 1 fully saturated rings. The Labute approximate surface area is 215 Å². The van der Waals surface area contributed by atoms with Crippen molar-refractivity contribution in [1.82, 2.24) is 14.9 Å². The number of likely N-dealkylation sites (tertiary alicyclic amines) is 1. The van der Waals surface area contributed by atoms with Gasteiger partial charge in [0.05, 0.1) is 12.5 Å². The lowest BCUT2D eigenvalue weighted by Crippen LogP contribution is -2.44. The SMILES string of the molecule is O=S(=O)(Nc1ncccn1)c1cc2c(cc1F)[C@@H](N1CC[C@@H](C(F)(F)F)C[C@H]1c1ccc(F)cc1)CCO2. The van der Waals surface area contributed by atoms with E-state index in [0.29, 0.717) is 17.5 Å². The van der Waals surface area contributed by atoms with Crippen LogP contribution < -0.4 is 9.46 Å². The van der Waals surface area contributed by atoms with Crippen molar-refractivity contribution < 1.29 is 35.1 Å². The van der Waals surface area contributed by atoms with E-state index in [4.69, 9.17) is 4.74 Å². The second kappa shape index (κ2) is 10.1. The van der Waals surface area contributed by atoms with Crippen LogP contribution in [-0.4, -0.2) is 42.6 Å². The number of piperidine rings is 1. The van der Waals surface area contributed by atoms with Crippen LogP contribution in [0.5, 0.6) is 5.75 Å². The third-order valence-corrected chi connectivity index (χ3v) is 8.26. The minimum atomic E-state index is -4.41. The number of rotatable bonds is 5. The summed E-state index contributed by atoms with van der Waals surface area (Å²) in [5.41, 5.74) is 0.848. The van der Waals surface area contributed by atoms with Crippen molar-refractivity contribution in [3.05, 3.63) is 77.6 Å². The second-order valence-corrected chi connectivity index (χ2v) is 10.9. The van der Waals surface area contributed by atoms with Gasteiger partial charge in [-0.15, -0.1) is 0 Å². The van der Waals surface area contributed by atoms with E-state index in [1.165, 1.54) is 42.7 Å². The Hall–Kier alpha value is -3.32. The summed E-state index contributed by atoms with van der Waals surface area (Å²) in [5, 5.41) is 0. The van der Waals surface area contributed by atoms with Crippen molar-refractivity contribution >= 4 is 16.0 Å². The number of fused-ring (bicyclic) bond motifs is 1. The molecule has 5 rings (SSSR count). The highest BCUT2D eigenvalue weighted by Crippen LogP contribution is 2.48. The van der Waals surface area contributed by atoms with Crippen molar-refractivity contribution in [3.8, 4) is 5.75 Å². The van der Waals surface area contributed by atoms with Crippen LogP contribution in [0, 0.1) is 17.6 Å². The fraction of sp³-hybridized carbons (Fsp3) is 0.360. The van der Waals surface area contributed by atoms with Crippen LogP contribution in [-0.2, 0) is 10.0 Å². The average molecular weight is 555 g/mol. The number of nitrogens with one attached hydrogen (secondary N) is 1. The first-order valence-electron chi connectivity index (χ1n) is 11.9. The molecule has 2 aliphatic heterocycles. The number of ether oxygens (including phenoxy) is 1. The molecule has 0 radical (unpaired) electrons. The van der Waals surface area contributed by atoms with Crippen LogP contribution >= 0.6 is 0 Å². The molecule has 7 nitrogen and oxygen atoms in total. The van der Waals surface area contributed by atoms with Gasteiger partial charge in [-0.1, -0.05) is 12.1 Å². The third-order valence-electron chi connectivity index (χ3n) is 6.92. The Balaban J connectivity index is 1.49. The second-order valence-electron chi connectivity index (χ2n) is 9.22. The highest BCUT2D eigenvalue weighted by molar-refractivity contribution is 7.92. The number of benzene rings is 2. The minimum absolute atomic E-state index is 0.0604. The number of anilines is 1. The predicted octanol–water partition coefficient (Wildman–Crippen LogP) is 5.39. The number of aromatic nitrogens is 2. The molecule has 3 aromatic rings. The highest BCUT2D eigenvalue weighted by atomic mass is 32.2. The summed E-state index contributed by atoms with van der Waals surface area (Å²) in [7, 11) is -4.41. The van der Waals surface area contributed by atoms with Gasteiger partial charge in [0.15, 0.2) is 0 Å². The Morgan fingerprint density at radius 2 is 1.71 bits per heavy atom. The normalized spacial score (nSPS) is 22.4. The molecule has 1 saturated heterocycles. The van der Waals surface area contributed by atoms with Crippen LogP contribution in [0.3, 0.4) is 0 Å². The number of hydrogen-bond acceptors (Lipinski definition) is 6. The van der Waals surface area contributed by atoms with Gasteiger partial charge in [0.1, 0.15) is 22.3 Å². The highest BCUT2D eigenvalue weighted by Gasteiger charge is 2.46. The van der Waals surface area contributed by atoms with Gasteiger partial charge in [-0.3, -0.25) is 4.90 Å². The molecule has 38 heavy (non-hydrogen) atoms. The van der Waals surface area contributed by atoms with E-state index in [9.17, 15) is 26.0 Å². The van der Waals surface area contributed by atoms with E-state index in [1.807, 2.05) is 4.90 Å². The van der Waals surface area contributed by atoms with Crippen LogP contribution in [0.4, 0.5) is 27.9 Å². The summed E-state index contributed by atoms with van der Waals surface area (Å²) in [6, 6.07) is 7.66. The number of hydrogen-bond donors (Lipinski definition) is 1. The molecule has 0 bridgehead atoms. The number of halogens is 5. The molecule has 3 atom stereocenters. The summed E-state index contributed by atoms with van der Waals surface area (Å²) in [5.74, 6) is -3.22. The molecule has 202 valence electrons. The van der Waals surface area contributed by atoms with Crippen LogP contribution in [0.15, 0.2) is 59.8 Å². The van der Waals surface area contributed by atoms with Crippen LogP contribution in [0.1, 0.15) is 42.5 Å². The van der Waals surface area contributed by atoms with Gasteiger partial charge < -0.3 is 4.74 Å². The molecule has 1 N–H and O–H groups in total. The lowest BCUT2D eigenvalue weighted by molar-refractivity contribution is -0.192. The summed E-state index contributed by atoms with van der Waals surface area (Å²) in [4.78, 5) is 8.74. The van der Waals surface area contributed by atoms with E-state index in [2.05, 4.69) is 14.7 Å². The number of alkyl halides is 3. The zero-order valence-electron chi connectivity index (χ0n) is 19.8. The molecule has 0 aliphatic carbocycles. The Morgan fingerprint density at radius 3 is 2.39 bits per heavy atom. The number of sulfonamides is 1. The summed E-state index contributed by atoms with van der Waals surface area (Å²) < 4.78 is 103. The zero-order valence-corrected chi connectivity index (χ0v) is 20.6. The fourth-order valence-corrected chi connectivity index (χ4v) is 6.15. The largest absolute Gasteiger partial charge is 0.493 e.